The minimum atomic E-state index is -3.85. The lowest BCUT2D eigenvalue weighted by Crippen LogP contribution is -2.42. The fraction of sp³-hybridized carbons (Fsp3) is 0.417. The van der Waals surface area contributed by atoms with Crippen molar-refractivity contribution in [2.45, 2.75) is 19.9 Å². The molecule has 3 N–H and O–H groups in total. The summed E-state index contributed by atoms with van der Waals surface area (Å²) in [4.78, 5) is 11.2. The number of hydrogen-bond acceptors (Lipinski definition) is 3. The normalized spacial score (nSPS) is 13.4. The van der Waals surface area contributed by atoms with Crippen LogP contribution in [0.25, 0.3) is 0 Å². The van der Waals surface area contributed by atoms with Crippen LogP contribution in [0.15, 0.2) is 30.3 Å². The minimum Gasteiger partial charge on any atom is -0.480 e. The number of rotatable bonds is 7. The van der Waals surface area contributed by atoms with Gasteiger partial charge in [0.1, 0.15) is 6.04 Å². The molecule has 0 amide bonds. The Bertz CT molecular complexity index is 514. The van der Waals surface area contributed by atoms with Crippen molar-refractivity contribution in [1.29, 1.82) is 0 Å². The van der Waals surface area contributed by atoms with Crippen LogP contribution < -0.4 is 9.44 Å². The van der Waals surface area contributed by atoms with Crippen molar-refractivity contribution in [1.82, 2.24) is 9.44 Å². The number of hydrogen-bond donors (Lipinski definition) is 3. The van der Waals surface area contributed by atoms with Gasteiger partial charge in [0, 0.05) is 6.54 Å². The molecule has 0 bridgehead atoms. The zero-order valence-corrected chi connectivity index (χ0v) is 11.6. The van der Waals surface area contributed by atoms with E-state index in [1.54, 1.807) is 30.3 Å². The number of carbonyl (C=O) groups is 1. The molecule has 0 spiro atoms. The van der Waals surface area contributed by atoms with Gasteiger partial charge in [-0.05, 0) is 11.5 Å². The summed E-state index contributed by atoms with van der Waals surface area (Å²) < 4.78 is 27.9. The van der Waals surface area contributed by atoms with Crippen LogP contribution in [-0.2, 0) is 15.0 Å². The van der Waals surface area contributed by atoms with Crippen molar-refractivity contribution in [3.05, 3.63) is 35.9 Å². The highest BCUT2D eigenvalue weighted by Gasteiger charge is 2.25. The van der Waals surface area contributed by atoms with E-state index in [1.165, 1.54) is 0 Å². The first kappa shape index (κ1) is 15.6. The molecule has 0 saturated heterocycles. The van der Waals surface area contributed by atoms with Crippen LogP contribution in [0.2, 0.25) is 0 Å². The summed E-state index contributed by atoms with van der Waals surface area (Å²) in [5, 5.41) is 9.11. The van der Waals surface area contributed by atoms with E-state index < -0.39 is 22.2 Å². The third-order valence-corrected chi connectivity index (χ3v) is 3.43. The zero-order chi connectivity index (χ0) is 14.5. The van der Waals surface area contributed by atoms with Crippen molar-refractivity contribution in [2.24, 2.45) is 5.92 Å². The predicted molar refractivity (Wildman–Crippen MR) is 71.7 cm³/mol. The predicted octanol–water partition coefficient (Wildman–Crippen LogP) is 0.892. The van der Waals surface area contributed by atoms with Crippen LogP contribution in [0.1, 0.15) is 25.5 Å². The lowest BCUT2D eigenvalue weighted by atomic mass is 10.1. The lowest BCUT2D eigenvalue weighted by molar-refractivity contribution is -0.139. The van der Waals surface area contributed by atoms with Gasteiger partial charge in [0.15, 0.2) is 0 Å². The molecule has 6 nitrogen and oxygen atoms in total. The Balaban J connectivity index is 2.83. The van der Waals surface area contributed by atoms with Gasteiger partial charge < -0.3 is 5.11 Å². The summed E-state index contributed by atoms with van der Waals surface area (Å²) in [6.45, 7) is 3.96. The third kappa shape index (κ3) is 5.37. The van der Waals surface area contributed by atoms with E-state index in [1.807, 2.05) is 13.8 Å². The van der Waals surface area contributed by atoms with Gasteiger partial charge in [0.05, 0.1) is 0 Å². The van der Waals surface area contributed by atoms with Crippen molar-refractivity contribution in [3.63, 3.8) is 0 Å². The van der Waals surface area contributed by atoms with Crippen LogP contribution in [0.4, 0.5) is 0 Å². The molecule has 1 atom stereocenters. The average molecular weight is 286 g/mol. The Kier molecular flexibility index (Phi) is 5.46. The quantitative estimate of drug-likeness (QED) is 0.693. The molecule has 0 aromatic heterocycles. The Hall–Kier alpha value is -1.44. The highest BCUT2D eigenvalue weighted by atomic mass is 32.2. The van der Waals surface area contributed by atoms with Crippen molar-refractivity contribution in [2.75, 3.05) is 6.54 Å². The van der Waals surface area contributed by atoms with Crippen LogP contribution in [0.3, 0.4) is 0 Å². The number of carboxylic acid groups (broad SMARTS) is 1. The largest absolute Gasteiger partial charge is 0.480 e. The maximum atomic E-state index is 11.7. The summed E-state index contributed by atoms with van der Waals surface area (Å²) >= 11 is 0. The third-order valence-electron chi connectivity index (χ3n) is 2.33. The van der Waals surface area contributed by atoms with Gasteiger partial charge in [0.25, 0.3) is 10.2 Å². The molecule has 0 aliphatic heterocycles. The molecular formula is C12H18N2O4S. The van der Waals surface area contributed by atoms with Gasteiger partial charge in [-0.1, -0.05) is 44.2 Å². The molecule has 106 valence electrons. The summed E-state index contributed by atoms with van der Waals surface area (Å²) in [5.41, 5.74) is 0.380. The van der Waals surface area contributed by atoms with E-state index in [4.69, 9.17) is 5.11 Å². The van der Waals surface area contributed by atoms with E-state index in [9.17, 15) is 13.2 Å². The fourth-order valence-electron chi connectivity index (χ4n) is 1.38. The Labute approximate surface area is 113 Å². The molecule has 19 heavy (non-hydrogen) atoms. The molecule has 1 aromatic carbocycles. The number of aliphatic carboxylic acids is 1. The summed E-state index contributed by atoms with van der Waals surface area (Å²) in [6, 6.07) is 6.86. The van der Waals surface area contributed by atoms with Crippen molar-refractivity contribution < 1.29 is 18.3 Å². The van der Waals surface area contributed by atoms with Gasteiger partial charge in [-0.3, -0.25) is 4.79 Å². The van der Waals surface area contributed by atoms with Gasteiger partial charge in [-0.15, -0.1) is 0 Å². The number of carboxylic acids is 1. The topological polar surface area (TPSA) is 95.5 Å². The lowest BCUT2D eigenvalue weighted by Gasteiger charge is -2.16. The fourth-order valence-corrected chi connectivity index (χ4v) is 2.56. The second-order valence-corrected chi connectivity index (χ2v) is 6.08. The Morgan fingerprint density at radius 1 is 1.26 bits per heavy atom. The summed E-state index contributed by atoms with van der Waals surface area (Å²) in [7, 11) is -3.85. The van der Waals surface area contributed by atoms with E-state index in [-0.39, 0.29) is 12.5 Å². The van der Waals surface area contributed by atoms with Gasteiger partial charge in [-0.25, -0.2) is 4.72 Å². The van der Waals surface area contributed by atoms with Gasteiger partial charge in [-0.2, -0.15) is 13.1 Å². The zero-order valence-electron chi connectivity index (χ0n) is 10.8. The molecule has 0 saturated carbocycles. The Morgan fingerprint density at radius 2 is 1.84 bits per heavy atom. The van der Waals surface area contributed by atoms with Crippen LogP contribution in [0.5, 0.6) is 0 Å². The molecular weight excluding hydrogens is 268 g/mol. The maximum Gasteiger partial charge on any atom is 0.326 e. The van der Waals surface area contributed by atoms with E-state index in [0.29, 0.717) is 5.56 Å². The van der Waals surface area contributed by atoms with E-state index in [0.717, 1.165) is 0 Å². The molecule has 0 heterocycles. The minimum absolute atomic E-state index is 0.136. The first-order valence-electron chi connectivity index (χ1n) is 5.86. The summed E-state index contributed by atoms with van der Waals surface area (Å²) in [5.74, 6) is -1.11. The number of benzene rings is 1. The highest BCUT2D eigenvalue weighted by molar-refractivity contribution is 7.87. The first-order valence-corrected chi connectivity index (χ1v) is 7.35. The first-order chi connectivity index (χ1) is 8.82. The van der Waals surface area contributed by atoms with E-state index in [2.05, 4.69) is 9.44 Å². The van der Waals surface area contributed by atoms with Crippen LogP contribution in [-0.4, -0.2) is 26.0 Å². The second-order valence-electron chi connectivity index (χ2n) is 4.55. The van der Waals surface area contributed by atoms with Gasteiger partial charge >= 0.3 is 5.97 Å². The van der Waals surface area contributed by atoms with Crippen LogP contribution >= 0.6 is 0 Å². The summed E-state index contributed by atoms with van der Waals surface area (Å²) in [6.07, 6.45) is 0. The highest BCUT2D eigenvalue weighted by Crippen LogP contribution is 2.13. The molecule has 1 aromatic rings. The molecule has 0 aliphatic carbocycles. The van der Waals surface area contributed by atoms with Gasteiger partial charge in [0.2, 0.25) is 0 Å². The average Bonchev–Trinajstić information content (AvgIpc) is 2.35. The number of nitrogens with one attached hydrogen (secondary N) is 2. The molecule has 1 rings (SSSR count). The molecule has 7 heteroatoms. The molecule has 0 unspecified atom stereocenters. The standard InChI is InChI=1S/C12H18N2O4S/c1-9(2)8-13-19(17,18)14-11(12(15)16)10-6-4-3-5-7-10/h3-7,9,11,13-14H,8H2,1-2H3,(H,15,16)/t11-/m1/s1. The second kappa shape index (κ2) is 6.65. The van der Waals surface area contributed by atoms with Crippen LogP contribution in [0, 0.1) is 5.92 Å². The molecule has 0 fully saturated rings. The molecule has 0 radical (unpaired) electrons. The SMILES string of the molecule is CC(C)CNS(=O)(=O)N[C@@H](C(=O)O)c1ccccc1. The van der Waals surface area contributed by atoms with Crippen molar-refractivity contribution >= 4 is 16.2 Å². The maximum absolute atomic E-state index is 11.7. The molecule has 0 aliphatic rings. The smallest absolute Gasteiger partial charge is 0.326 e. The monoisotopic (exact) mass is 286 g/mol. The van der Waals surface area contributed by atoms with Crippen molar-refractivity contribution in [3.8, 4) is 0 Å². The Morgan fingerprint density at radius 3 is 2.32 bits per heavy atom. The van der Waals surface area contributed by atoms with E-state index >= 15 is 0 Å².